The summed E-state index contributed by atoms with van der Waals surface area (Å²) in [4.78, 5) is 1.98. The molecule has 1 heterocycles. The highest BCUT2D eigenvalue weighted by molar-refractivity contribution is 9.10. The highest BCUT2D eigenvalue weighted by Crippen LogP contribution is 2.39. The van der Waals surface area contributed by atoms with Crippen molar-refractivity contribution >= 4 is 15.9 Å². The summed E-state index contributed by atoms with van der Waals surface area (Å²) >= 11 is 3.15. The molecule has 0 bridgehead atoms. The maximum Gasteiger partial charge on any atom is 0.145 e. The van der Waals surface area contributed by atoms with Crippen LogP contribution in [0.25, 0.3) is 0 Å². The second-order valence-corrected chi connectivity index (χ2v) is 5.86. The van der Waals surface area contributed by atoms with Gasteiger partial charge in [0, 0.05) is 18.2 Å². The van der Waals surface area contributed by atoms with Crippen LogP contribution in [0.15, 0.2) is 10.5 Å². The fraction of sp³-hybridized carbons (Fsp3) is 0.538. The lowest BCUT2D eigenvalue weighted by atomic mass is 9.97. The van der Waals surface area contributed by atoms with Gasteiger partial charge in [-0.15, -0.1) is 0 Å². The summed E-state index contributed by atoms with van der Waals surface area (Å²) in [7, 11) is 1.88. The first-order valence-corrected chi connectivity index (χ1v) is 6.79. The molecular formula is C13H17BrF2N2. The predicted molar refractivity (Wildman–Crippen MR) is 71.3 cm³/mol. The third kappa shape index (κ3) is 2.31. The van der Waals surface area contributed by atoms with Crippen LogP contribution in [0.2, 0.25) is 0 Å². The molecule has 100 valence electrons. The summed E-state index contributed by atoms with van der Waals surface area (Å²) in [5, 5.41) is 0. The van der Waals surface area contributed by atoms with E-state index in [0.717, 1.165) is 6.54 Å². The summed E-state index contributed by atoms with van der Waals surface area (Å²) in [5.74, 6) is -0.629. The van der Waals surface area contributed by atoms with Gasteiger partial charge in [0.1, 0.15) is 11.6 Å². The summed E-state index contributed by atoms with van der Waals surface area (Å²) in [5.41, 5.74) is 6.28. The molecule has 2 N–H and O–H groups in total. The van der Waals surface area contributed by atoms with Gasteiger partial charge in [-0.3, -0.25) is 4.90 Å². The van der Waals surface area contributed by atoms with Gasteiger partial charge in [-0.05, 0) is 60.4 Å². The van der Waals surface area contributed by atoms with E-state index in [9.17, 15) is 8.78 Å². The van der Waals surface area contributed by atoms with Gasteiger partial charge in [0.05, 0.1) is 4.47 Å². The van der Waals surface area contributed by atoms with Crippen molar-refractivity contribution in [3.63, 3.8) is 0 Å². The predicted octanol–water partition coefficient (Wildman–Crippen LogP) is 2.99. The second kappa shape index (κ2) is 5.23. The van der Waals surface area contributed by atoms with Crippen molar-refractivity contribution in [2.75, 3.05) is 20.1 Å². The largest absolute Gasteiger partial charge is 0.330 e. The Kier molecular flexibility index (Phi) is 4.04. The molecule has 1 aliphatic rings. The Morgan fingerprint density at radius 2 is 2.11 bits per heavy atom. The normalized spacial score (nSPS) is 24.8. The molecule has 0 spiro atoms. The number of halogens is 3. The molecule has 2 unspecified atom stereocenters. The van der Waals surface area contributed by atoms with E-state index in [4.69, 9.17) is 5.73 Å². The first kappa shape index (κ1) is 13.9. The molecule has 0 aromatic heterocycles. The SMILES string of the molecule is Cc1cc(Br)c(F)c(C2CC(CN)CN2C)c1F. The van der Waals surface area contributed by atoms with E-state index >= 15 is 0 Å². The van der Waals surface area contributed by atoms with Crippen molar-refractivity contribution in [1.29, 1.82) is 0 Å². The Labute approximate surface area is 114 Å². The molecule has 0 radical (unpaired) electrons. The second-order valence-electron chi connectivity index (χ2n) is 5.01. The van der Waals surface area contributed by atoms with Gasteiger partial charge < -0.3 is 5.73 Å². The van der Waals surface area contributed by atoms with Crippen molar-refractivity contribution in [1.82, 2.24) is 4.90 Å². The number of likely N-dealkylation sites (tertiary alicyclic amines) is 1. The zero-order chi connectivity index (χ0) is 13.4. The topological polar surface area (TPSA) is 29.3 Å². The van der Waals surface area contributed by atoms with Gasteiger partial charge in [0.25, 0.3) is 0 Å². The molecule has 1 aliphatic heterocycles. The Morgan fingerprint density at radius 3 is 2.67 bits per heavy atom. The number of hydrogen-bond donors (Lipinski definition) is 1. The first-order chi connectivity index (χ1) is 8.45. The molecule has 5 heteroatoms. The van der Waals surface area contributed by atoms with Crippen molar-refractivity contribution in [3.05, 3.63) is 33.3 Å². The van der Waals surface area contributed by atoms with Crippen LogP contribution in [0.1, 0.15) is 23.6 Å². The minimum atomic E-state index is -0.493. The highest BCUT2D eigenvalue weighted by atomic mass is 79.9. The summed E-state index contributed by atoms with van der Waals surface area (Å²) < 4.78 is 28.7. The summed E-state index contributed by atoms with van der Waals surface area (Å²) in [6.07, 6.45) is 0.705. The zero-order valence-corrected chi connectivity index (χ0v) is 12.1. The maximum absolute atomic E-state index is 14.2. The first-order valence-electron chi connectivity index (χ1n) is 6.00. The van der Waals surface area contributed by atoms with Crippen LogP contribution in [-0.2, 0) is 0 Å². The van der Waals surface area contributed by atoms with Gasteiger partial charge in [-0.1, -0.05) is 0 Å². The van der Waals surface area contributed by atoms with Crippen molar-refractivity contribution in [3.8, 4) is 0 Å². The summed E-state index contributed by atoms with van der Waals surface area (Å²) in [6, 6.07) is 1.25. The monoisotopic (exact) mass is 318 g/mol. The number of nitrogens with two attached hydrogens (primary N) is 1. The van der Waals surface area contributed by atoms with E-state index in [0.29, 0.717) is 28.9 Å². The van der Waals surface area contributed by atoms with E-state index in [2.05, 4.69) is 15.9 Å². The van der Waals surface area contributed by atoms with Gasteiger partial charge in [0.2, 0.25) is 0 Å². The van der Waals surface area contributed by atoms with Crippen LogP contribution in [0.4, 0.5) is 8.78 Å². The minimum Gasteiger partial charge on any atom is -0.330 e. The average molecular weight is 319 g/mol. The molecule has 2 nitrogen and oxygen atoms in total. The molecule has 0 aliphatic carbocycles. The van der Waals surface area contributed by atoms with Gasteiger partial charge in [-0.2, -0.15) is 0 Å². The Balaban J connectivity index is 2.45. The fourth-order valence-corrected chi connectivity index (χ4v) is 3.22. The van der Waals surface area contributed by atoms with E-state index in [1.165, 1.54) is 6.07 Å². The Morgan fingerprint density at radius 1 is 1.44 bits per heavy atom. The number of hydrogen-bond acceptors (Lipinski definition) is 2. The molecule has 1 fully saturated rings. The molecule has 0 amide bonds. The lowest BCUT2D eigenvalue weighted by Gasteiger charge is -2.22. The third-order valence-corrected chi connectivity index (χ3v) is 4.25. The molecule has 2 atom stereocenters. The van der Waals surface area contributed by atoms with Gasteiger partial charge in [-0.25, -0.2) is 8.78 Å². The average Bonchev–Trinajstić information content (AvgIpc) is 2.69. The summed E-state index contributed by atoms with van der Waals surface area (Å²) in [6.45, 7) is 2.99. The maximum atomic E-state index is 14.2. The number of benzene rings is 1. The fourth-order valence-electron chi connectivity index (χ4n) is 2.66. The molecular weight excluding hydrogens is 302 g/mol. The van der Waals surface area contributed by atoms with Gasteiger partial charge >= 0.3 is 0 Å². The lowest BCUT2D eigenvalue weighted by molar-refractivity contribution is 0.298. The van der Waals surface area contributed by atoms with E-state index in [1.807, 2.05) is 11.9 Å². The zero-order valence-electron chi connectivity index (χ0n) is 10.5. The van der Waals surface area contributed by atoms with E-state index < -0.39 is 11.6 Å². The van der Waals surface area contributed by atoms with Crippen molar-refractivity contribution < 1.29 is 8.78 Å². The third-order valence-electron chi connectivity index (χ3n) is 3.67. The Hall–Kier alpha value is -0.520. The highest BCUT2D eigenvalue weighted by Gasteiger charge is 2.34. The van der Waals surface area contributed by atoms with Crippen LogP contribution in [0, 0.1) is 24.5 Å². The number of aryl methyl sites for hydroxylation is 1. The molecule has 18 heavy (non-hydrogen) atoms. The van der Waals surface area contributed by atoms with Crippen LogP contribution in [0.3, 0.4) is 0 Å². The van der Waals surface area contributed by atoms with Crippen LogP contribution in [-0.4, -0.2) is 25.0 Å². The van der Waals surface area contributed by atoms with E-state index in [-0.39, 0.29) is 11.6 Å². The van der Waals surface area contributed by atoms with Crippen molar-refractivity contribution in [2.24, 2.45) is 11.7 Å². The van der Waals surface area contributed by atoms with Crippen molar-refractivity contribution in [2.45, 2.75) is 19.4 Å². The van der Waals surface area contributed by atoms with E-state index in [1.54, 1.807) is 6.92 Å². The van der Waals surface area contributed by atoms with Crippen LogP contribution < -0.4 is 5.73 Å². The molecule has 0 saturated carbocycles. The Bertz CT molecular complexity index is 439. The molecule has 1 aromatic rings. The number of nitrogens with zero attached hydrogens (tertiary/aromatic N) is 1. The smallest absolute Gasteiger partial charge is 0.145 e. The quantitative estimate of drug-likeness (QED) is 0.849. The van der Waals surface area contributed by atoms with Gasteiger partial charge in [0.15, 0.2) is 0 Å². The molecule has 2 rings (SSSR count). The van der Waals surface area contributed by atoms with Crippen LogP contribution in [0.5, 0.6) is 0 Å². The van der Waals surface area contributed by atoms with Crippen LogP contribution >= 0.6 is 15.9 Å². The molecule has 1 aromatic carbocycles. The number of rotatable bonds is 2. The minimum absolute atomic E-state index is 0.167. The molecule has 1 saturated heterocycles. The standard InChI is InChI=1S/C13H17BrF2N2/c1-7-3-9(14)13(16)11(12(7)15)10-4-8(5-17)6-18(10)2/h3,8,10H,4-6,17H2,1-2H3. The lowest BCUT2D eigenvalue weighted by Crippen LogP contribution is -2.22.